The summed E-state index contributed by atoms with van der Waals surface area (Å²) in [6.07, 6.45) is 5.92. The SMILES string of the molecule is Cc1cccc([C@@H](C)[C@H](O)/C=C/[C@H]2CC[C@@H]3O/C(=C\CCCC(=N)N=NN)C(F)(F)[C@@H]32)c1. The third-order valence-electron chi connectivity index (χ3n) is 6.43. The molecule has 0 amide bonds. The number of allylic oxidation sites excluding steroid dienone is 3. The largest absolute Gasteiger partial charge is 0.488 e. The van der Waals surface area contributed by atoms with Crippen LogP contribution in [0.25, 0.3) is 0 Å². The zero-order chi connectivity index (χ0) is 23.3. The molecule has 0 radical (unpaired) electrons. The number of amidine groups is 1. The number of nitrogens with zero attached hydrogens (tertiary/aromatic N) is 2. The van der Waals surface area contributed by atoms with Gasteiger partial charge >= 0.3 is 5.92 Å². The second-order valence-corrected chi connectivity index (χ2v) is 8.75. The number of aryl methyl sites for hydroxylation is 1. The highest BCUT2D eigenvalue weighted by Crippen LogP contribution is 2.54. The van der Waals surface area contributed by atoms with E-state index < -0.39 is 24.0 Å². The van der Waals surface area contributed by atoms with Crippen molar-refractivity contribution in [2.24, 2.45) is 28.0 Å². The van der Waals surface area contributed by atoms with Crippen molar-refractivity contribution in [2.75, 3.05) is 0 Å². The molecule has 2 fully saturated rings. The van der Waals surface area contributed by atoms with E-state index in [2.05, 4.69) is 10.3 Å². The summed E-state index contributed by atoms with van der Waals surface area (Å²) in [5, 5.41) is 24.6. The number of rotatable bonds is 8. The second kappa shape index (κ2) is 10.3. The van der Waals surface area contributed by atoms with Gasteiger partial charge in [0.1, 0.15) is 11.9 Å². The van der Waals surface area contributed by atoms with Gasteiger partial charge in [0.05, 0.1) is 12.0 Å². The highest BCUT2D eigenvalue weighted by atomic mass is 19.3. The number of benzene rings is 1. The first-order valence-corrected chi connectivity index (χ1v) is 11.1. The number of halogens is 2. The molecule has 3 rings (SSSR count). The van der Waals surface area contributed by atoms with E-state index in [-0.39, 0.29) is 23.4 Å². The highest BCUT2D eigenvalue weighted by Gasteiger charge is 2.60. The van der Waals surface area contributed by atoms with Gasteiger partial charge in [-0.05, 0) is 50.2 Å². The number of alkyl halides is 2. The minimum absolute atomic E-state index is 0.0190. The lowest BCUT2D eigenvalue weighted by Crippen LogP contribution is -2.30. The van der Waals surface area contributed by atoms with Crippen LogP contribution in [-0.4, -0.2) is 29.1 Å². The van der Waals surface area contributed by atoms with Crippen molar-refractivity contribution in [1.29, 1.82) is 5.41 Å². The summed E-state index contributed by atoms with van der Waals surface area (Å²) < 4.78 is 35.9. The van der Waals surface area contributed by atoms with Gasteiger partial charge in [-0.25, -0.2) is 0 Å². The Morgan fingerprint density at radius 3 is 2.91 bits per heavy atom. The molecular weight excluding hydrogens is 414 g/mol. The minimum Gasteiger partial charge on any atom is -0.488 e. The molecule has 6 nitrogen and oxygen atoms in total. The molecular formula is C24H32F2N4O2. The van der Waals surface area contributed by atoms with E-state index in [9.17, 15) is 5.11 Å². The van der Waals surface area contributed by atoms with Crippen molar-refractivity contribution in [1.82, 2.24) is 0 Å². The van der Waals surface area contributed by atoms with Gasteiger partial charge in [0.2, 0.25) is 0 Å². The van der Waals surface area contributed by atoms with Crippen LogP contribution in [0, 0.1) is 24.2 Å². The molecule has 32 heavy (non-hydrogen) atoms. The maximum absolute atomic E-state index is 15.1. The van der Waals surface area contributed by atoms with Crippen LogP contribution in [0.1, 0.15) is 56.1 Å². The molecule has 1 aliphatic carbocycles. The molecule has 0 aromatic heterocycles. The fraction of sp³-hybridized carbons (Fsp3) is 0.542. The molecule has 1 aliphatic heterocycles. The highest BCUT2D eigenvalue weighted by molar-refractivity contribution is 5.79. The zero-order valence-corrected chi connectivity index (χ0v) is 18.5. The molecule has 2 aliphatic rings. The Bertz CT molecular complexity index is 900. The van der Waals surface area contributed by atoms with Gasteiger partial charge in [-0.3, -0.25) is 5.41 Å². The molecule has 0 bridgehead atoms. The van der Waals surface area contributed by atoms with Gasteiger partial charge in [0.15, 0.2) is 5.76 Å². The first-order chi connectivity index (χ1) is 15.2. The average molecular weight is 447 g/mol. The minimum atomic E-state index is -3.05. The summed E-state index contributed by atoms with van der Waals surface area (Å²) in [5.41, 5.74) is 2.14. The third kappa shape index (κ3) is 5.41. The predicted octanol–water partition coefficient (Wildman–Crippen LogP) is 5.43. The maximum atomic E-state index is 15.1. The van der Waals surface area contributed by atoms with E-state index in [0.717, 1.165) is 11.1 Å². The molecule has 0 spiro atoms. The van der Waals surface area contributed by atoms with E-state index >= 15 is 8.78 Å². The quantitative estimate of drug-likeness (QED) is 0.0943. The number of aliphatic hydroxyl groups excluding tert-OH is 1. The molecule has 1 saturated carbocycles. The number of unbranched alkanes of at least 4 members (excludes halogenated alkanes) is 1. The van der Waals surface area contributed by atoms with Crippen molar-refractivity contribution in [3.05, 3.63) is 59.4 Å². The Morgan fingerprint density at radius 1 is 1.41 bits per heavy atom. The molecule has 0 unspecified atom stereocenters. The van der Waals surface area contributed by atoms with Crippen LogP contribution in [0.15, 0.2) is 58.6 Å². The summed E-state index contributed by atoms with van der Waals surface area (Å²) in [4.78, 5) is 0. The van der Waals surface area contributed by atoms with Crippen molar-refractivity contribution >= 4 is 5.84 Å². The molecule has 1 heterocycles. The van der Waals surface area contributed by atoms with Crippen LogP contribution in [-0.2, 0) is 4.74 Å². The van der Waals surface area contributed by atoms with Gasteiger partial charge in [0, 0.05) is 12.3 Å². The Hall–Kier alpha value is -2.61. The lowest BCUT2D eigenvalue weighted by Gasteiger charge is -2.22. The van der Waals surface area contributed by atoms with Crippen LogP contribution in [0.4, 0.5) is 8.78 Å². The second-order valence-electron chi connectivity index (χ2n) is 8.75. The van der Waals surface area contributed by atoms with Crippen LogP contribution in [0.2, 0.25) is 0 Å². The van der Waals surface area contributed by atoms with Crippen LogP contribution in [0.3, 0.4) is 0 Å². The summed E-state index contributed by atoms with van der Waals surface area (Å²) in [7, 11) is 0. The number of nitrogens with two attached hydrogens (primary N) is 1. The smallest absolute Gasteiger partial charge is 0.310 e. The van der Waals surface area contributed by atoms with Crippen LogP contribution < -0.4 is 5.84 Å². The van der Waals surface area contributed by atoms with Gasteiger partial charge in [-0.15, -0.1) is 5.11 Å². The average Bonchev–Trinajstić information content (AvgIpc) is 3.27. The predicted molar refractivity (Wildman–Crippen MR) is 119 cm³/mol. The Labute approximate surface area is 187 Å². The number of aliphatic hydroxyl groups is 1. The summed E-state index contributed by atoms with van der Waals surface area (Å²) in [6.45, 7) is 3.93. The number of fused-ring (bicyclic) bond motifs is 1. The molecule has 5 atom stereocenters. The van der Waals surface area contributed by atoms with Gasteiger partial charge in [-0.2, -0.15) is 8.78 Å². The van der Waals surface area contributed by atoms with Crippen molar-refractivity contribution < 1.29 is 18.6 Å². The Kier molecular flexibility index (Phi) is 7.77. The van der Waals surface area contributed by atoms with Gasteiger partial charge in [-0.1, -0.05) is 54.1 Å². The summed E-state index contributed by atoms with van der Waals surface area (Å²) in [5.74, 6) is 0.196. The Balaban J connectivity index is 1.62. The van der Waals surface area contributed by atoms with Gasteiger partial charge < -0.3 is 15.7 Å². The number of nitrogens with one attached hydrogen (secondary N) is 1. The molecule has 4 N–H and O–H groups in total. The van der Waals surface area contributed by atoms with Crippen molar-refractivity contribution in [3.63, 3.8) is 0 Å². The van der Waals surface area contributed by atoms with E-state index in [0.29, 0.717) is 32.1 Å². The van der Waals surface area contributed by atoms with E-state index in [1.165, 1.54) is 6.08 Å². The topological polar surface area (TPSA) is 104 Å². The normalized spacial score (nSPS) is 27.7. The first-order valence-electron chi connectivity index (χ1n) is 11.1. The summed E-state index contributed by atoms with van der Waals surface area (Å²) in [6, 6.07) is 7.95. The van der Waals surface area contributed by atoms with Crippen molar-refractivity contribution in [3.8, 4) is 0 Å². The molecule has 1 saturated heterocycles. The van der Waals surface area contributed by atoms with Crippen LogP contribution >= 0.6 is 0 Å². The molecule has 1 aromatic carbocycles. The standard InChI is InChI=1S/C24H32F2N4O2/c1-15-6-5-7-18(14-15)16(2)19(31)12-10-17-11-13-20-23(17)24(25,26)21(32-20)8-3-4-9-22(27)29-30-28/h5-8,10,12,14,16-17,19-20,23,31H,3-4,9,11,13H2,1-2H3,(H3,27,28,29)/b12-10+,21-8-/t16-,17+,19-,20+,23-/m1/s1. The van der Waals surface area contributed by atoms with E-state index in [4.69, 9.17) is 16.0 Å². The van der Waals surface area contributed by atoms with E-state index in [1.54, 1.807) is 12.2 Å². The zero-order valence-electron chi connectivity index (χ0n) is 18.5. The third-order valence-corrected chi connectivity index (χ3v) is 6.43. The molecule has 1 aromatic rings. The Morgan fingerprint density at radius 2 is 2.19 bits per heavy atom. The lowest BCUT2D eigenvalue weighted by atomic mass is 9.87. The number of hydrogen-bond donors (Lipinski definition) is 3. The van der Waals surface area contributed by atoms with Crippen molar-refractivity contribution in [2.45, 2.75) is 70.0 Å². The van der Waals surface area contributed by atoms with Crippen LogP contribution in [0.5, 0.6) is 0 Å². The lowest BCUT2D eigenvalue weighted by molar-refractivity contribution is -0.0145. The van der Waals surface area contributed by atoms with E-state index in [1.807, 2.05) is 38.1 Å². The number of ether oxygens (including phenoxy) is 1. The fourth-order valence-electron chi connectivity index (χ4n) is 4.63. The first kappa shape index (κ1) is 24.0. The monoisotopic (exact) mass is 446 g/mol. The fourth-order valence-corrected chi connectivity index (χ4v) is 4.63. The van der Waals surface area contributed by atoms with Gasteiger partial charge in [0.25, 0.3) is 0 Å². The molecule has 174 valence electrons. The maximum Gasteiger partial charge on any atom is 0.310 e. The molecule has 8 heteroatoms. The number of hydrogen-bond acceptors (Lipinski definition) is 4. The summed E-state index contributed by atoms with van der Waals surface area (Å²) >= 11 is 0.